The molecule has 2 rings (SSSR count). The quantitative estimate of drug-likeness (QED) is 0.103. The van der Waals surface area contributed by atoms with E-state index < -0.39 is 49.7 Å². The second kappa shape index (κ2) is 18.4. The van der Waals surface area contributed by atoms with Crippen LogP contribution in [0.1, 0.15) is 45.4 Å². The summed E-state index contributed by atoms with van der Waals surface area (Å²) in [6.45, 7) is 8.94. The fourth-order valence-corrected chi connectivity index (χ4v) is 5.09. The molecular formula is C33H51NO11. The molecule has 5 N–H and O–H groups in total. The number of hydrogen-bond acceptors (Lipinski definition) is 11. The second-order valence-corrected chi connectivity index (χ2v) is 11.3. The van der Waals surface area contributed by atoms with Crippen molar-refractivity contribution in [1.29, 1.82) is 0 Å². The normalized spacial score (nSPS) is 24.8. The largest absolute Gasteiger partial charge is 0.488 e. The van der Waals surface area contributed by atoms with Crippen LogP contribution in [0.15, 0.2) is 51.9 Å². The Hall–Kier alpha value is -2.81. The van der Waals surface area contributed by atoms with Crippen molar-refractivity contribution in [2.24, 2.45) is 5.92 Å². The molecule has 1 aliphatic rings. The summed E-state index contributed by atoms with van der Waals surface area (Å²) in [6.07, 6.45) is 2.79. The van der Waals surface area contributed by atoms with E-state index >= 15 is 0 Å². The van der Waals surface area contributed by atoms with E-state index in [1.807, 2.05) is 45.9 Å². The van der Waals surface area contributed by atoms with Crippen LogP contribution in [0.25, 0.3) is 0 Å². The van der Waals surface area contributed by atoms with Gasteiger partial charge < -0.3 is 53.8 Å². The van der Waals surface area contributed by atoms with Gasteiger partial charge in [0.15, 0.2) is 12.6 Å². The van der Waals surface area contributed by atoms with E-state index in [4.69, 9.17) is 28.4 Å². The molecule has 0 unspecified atom stereocenters. The number of allylic oxidation sites excluding steroid dienone is 5. The van der Waals surface area contributed by atoms with Gasteiger partial charge in [-0.3, -0.25) is 4.79 Å². The Bertz CT molecular complexity index is 1260. The molecule has 0 bridgehead atoms. The van der Waals surface area contributed by atoms with Gasteiger partial charge in [-0.1, -0.05) is 42.4 Å². The minimum absolute atomic E-state index is 0.155. The maximum atomic E-state index is 12.6. The highest BCUT2D eigenvalue weighted by molar-refractivity contribution is 5.40. The maximum absolute atomic E-state index is 12.6. The zero-order chi connectivity index (χ0) is 33.8. The number of rotatable bonds is 16. The van der Waals surface area contributed by atoms with Gasteiger partial charge in [0.05, 0.1) is 26.9 Å². The number of aromatic amines is 1. The summed E-state index contributed by atoms with van der Waals surface area (Å²) in [5.41, 5.74) is 3.91. The van der Waals surface area contributed by atoms with E-state index in [-0.39, 0.29) is 17.1 Å². The first kappa shape index (κ1) is 38.4. The van der Waals surface area contributed by atoms with Crippen LogP contribution in [0.4, 0.5) is 0 Å². The van der Waals surface area contributed by atoms with Gasteiger partial charge in [-0.15, -0.1) is 0 Å². The molecule has 0 aliphatic carbocycles. The SMILES string of the molecule is COc1[nH]c(C/C=C(\C)C/C=C/C(C)=C/[C@@H](C)[C@@H](O[C@@H]2O[C@H](CO)[C@@H](O)[C@H](O)[C@H]2O)/C(C)=C/C(OC)OC)c(C)c(=O)c1OC. The Kier molecular flexibility index (Phi) is 15.7. The minimum atomic E-state index is -1.56. The van der Waals surface area contributed by atoms with Crippen LogP contribution in [-0.2, 0) is 25.4 Å². The van der Waals surface area contributed by atoms with Crippen molar-refractivity contribution < 1.29 is 48.8 Å². The molecule has 1 aromatic heterocycles. The van der Waals surface area contributed by atoms with Crippen LogP contribution in [0.2, 0.25) is 0 Å². The fourth-order valence-electron chi connectivity index (χ4n) is 5.09. The van der Waals surface area contributed by atoms with Crippen molar-refractivity contribution in [3.63, 3.8) is 0 Å². The average Bonchev–Trinajstić information content (AvgIpc) is 3.02. The molecule has 45 heavy (non-hydrogen) atoms. The predicted molar refractivity (Wildman–Crippen MR) is 169 cm³/mol. The van der Waals surface area contributed by atoms with Gasteiger partial charge in [0, 0.05) is 37.8 Å². The lowest BCUT2D eigenvalue weighted by atomic mass is 9.94. The third-order valence-corrected chi connectivity index (χ3v) is 7.80. The third kappa shape index (κ3) is 10.3. The molecule has 0 saturated carbocycles. The summed E-state index contributed by atoms with van der Waals surface area (Å²) in [4.78, 5) is 15.7. The van der Waals surface area contributed by atoms with Crippen LogP contribution in [0.3, 0.4) is 0 Å². The van der Waals surface area contributed by atoms with E-state index in [2.05, 4.69) is 11.1 Å². The van der Waals surface area contributed by atoms with Crippen molar-refractivity contribution in [2.75, 3.05) is 35.0 Å². The zero-order valence-electron chi connectivity index (χ0n) is 27.8. The highest BCUT2D eigenvalue weighted by atomic mass is 16.7. The van der Waals surface area contributed by atoms with Crippen molar-refractivity contribution in [2.45, 2.75) is 90.6 Å². The first-order chi connectivity index (χ1) is 21.3. The van der Waals surface area contributed by atoms with Crippen molar-refractivity contribution in [1.82, 2.24) is 4.98 Å². The van der Waals surface area contributed by atoms with E-state index in [9.17, 15) is 25.2 Å². The number of H-pyrrole nitrogens is 1. The molecule has 0 amide bonds. The van der Waals surface area contributed by atoms with E-state index in [1.165, 1.54) is 28.4 Å². The summed E-state index contributed by atoms with van der Waals surface area (Å²) >= 11 is 0. The van der Waals surface area contributed by atoms with E-state index in [0.29, 0.717) is 24.3 Å². The fraction of sp³-hybridized carbons (Fsp3) is 0.606. The lowest BCUT2D eigenvalue weighted by molar-refractivity contribution is -0.310. The molecular weight excluding hydrogens is 586 g/mol. The van der Waals surface area contributed by atoms with E-state index in [1.54, 1.807) is 13.0 Å². The molecule has 0 radical (unpaired) electrons. The molecule has 12 heteroatoms. The number of aliphatic hydroxyl groups is 4. The number of methoxy groups -OCH3 is 4. The second-order valence-electron chi connectivity index (χ2n) is 11.3. The number of ether oxygens (including phenoxy) is 6. The minimum Gasteiger partial charge on any atom is -0.488 e. The Morgan fingerprint density at radius 1 is 1.00 bits per heavy atom. The van der Waals surface area contributed by atoms with Gasteiger partial charge in [0.1, 0.15) is 24.4 Å². The topological polar surface area (TPSA) is 169 Å². The number of hydrogen-bond donors (Lipinski definition) is 5. The monoisotopic (exact) mass is 637 g/mol. The Morgan fingerprint density at radius 2 is 1.67 bits per heavy atom. The van der Waals surface area contributed by atoms with Crippen LogP contribution in [-0.4, -0.2) is 104 Å². The lowest BCUT2D eigenvalue weighted by Gasteiger charge is -2.41. The molecule has 1 aliphatic heterocycles. The predicted octanol–water partition coefficient (Wildman–Crippen LogP) is 2.47. The first-order valence-corrected chi connectivity index (χ1v) is 14.9. The molecule has 12 nitrogen and oxygen atoms in total. The zero-order valence-corrected chi connectivity index (χ0v) is 27.8. The van der Waals surface area contributed by atoms with E-state index in [0.717, 1.165) is 22.4 Å². The summed E-state index contributed by atoms with van der Waals surface area (Å²) in [7, 11) is 5.93. The molecule has 7 atom stereocenters. The van der Waals surface area contributed by atoms with Crippen LogP contribution < -0.4 is 14.9 Å². The van der Waals surface area contributed by atoms with Crippen molar-refractivity contribution in [3.8, 4) is 11.6 Å². The van der Waals surface area contributed by atoms with Gasteiger partial charge in [-0.25, -0.2) is 0 Å². The number of nitrogens with one attached hydrogen (secondary N) is 1. The van der Waals surface area contributed by atoms with Gasteiger partial charge in [0.2, 0.25) is 17.1 Å². The Labute approximate surface area is 265 Å². The lowest BCUT2D eigenvalue weighted by Crippen LogP contribution is -2.60. The van der Waals surface area contributed by atoms with Crippen LogP contribution in [0.5, 0.6) is 11.6 Å². The molecule has 254 valence electrons. The maximum Gasteiger partial charge on any atom is 0.238 e. The standard InChI is InChI=1S/C33H51NO11/c1-18(13-14-23-22(5)26(36)31(42-8)32(34-23)43-9)11-10-12-19(2)15-20(3)30(21(4)16-25(40-6)41-7)45-33-29(39)28(38)27(37)24(17-35)44-33/h10,12-13,15-16,20,24-25,27-30,33,35,37-39H,11,14,17H2,1-9H3,(H,34,36)/b12-10+,18-13+,19-15+,21-16+/t20-,24-,27-,28+,29-,30-,33+/m1/s1. The van der Waals surface area contributed by atoms with Crippen LogP contribution >= 0.6 is 0 Å². The molecule has 0 aromatic carbocycles. The number of aromatic nitrogens is 1. The summed E-state index contributed by atoms with van der Waals surface area (Å²) in [6, 6.07) is 0. The molecule has 0 spiro atoms. The summed E-state index contributed by atoms with van der Waals surface area (Å²) < 4.78 is 32.9. The van der Waals surface area contributed by atoms with Gasteiger partial charge >= 0.3 is 0 Å². The summed E-state index contributed by atoms with van der Waals surface area (Å²) in [5.74, 6) is 0.208. The van der Waals surface area contributed by atoms with Crippen molar-refractivity contribution >= 4 is 0 Å². The summed E-state index contributed by atoms with van der Waals surface area (Å²) in [5, 5.41) is 40.6. The number of aliphatic hydroxyl groups excluding tert-OH is 4. The Balaban J connectivity index is 2.20. The van der Waals surface area contributed by atoms with Gasteiger partial charge in [-0.05, 0) is 45.8 Å². The Morgan fingerprint density at radius 3 is 2.24 bits per heavy atom. The van der Waals surface area contributed by atoms with Gasteiger partial charge in [-0.2, -0.15) is 0 Å². The highest BCUT2D eigenvalue weighted by Crippen LogP contribution is 2.28. The average molecular weight is 638 g/mol. The highest BCUT2D eigenvalue weighted by Gasteiger charge is 2.45. The number of pyridine rings is 1. The molecule has 2 heterocycles. The molecule has 1 fully saturated rings. The molecule has 1 aromatic rings. The first-order valence-electron chi connectivity index (χ1n) is 14.9. The smallest absolute Gasteiger partial charge is 0.238 e. The third-order valence-electron chi connectivity index (χ3n) is 7.80. The molecule has 1 saturated heterocycles. The van der Waals surface area contributed by atoms with Gasteiger partial charge in [0.25, 0.3) is 0 Å². The van der Waals surface area contributed by atoms with Crippen LogP contribution in [0, 0.1) is 12.8 Å². The van der Waals surface area contributed by atoms with Crippen molar-refractivity contribution in [3.05, 3.63) is 68.6 Å².